The van der Waals surface area contributed by atoms with E-state index >= 15 is 0 Å². The predicted molar refractivity (Wildman–Crippen MR) is 44.0 cm³/mol. The fraction of sp³-hybridized carbons (Fsp3) is 0.750. The van der Waals surface area contributed by atoms with Crippen molar-refractivity contribution in [3.05, 3.63) is 0 Å². The van der Waals surface area contributed by atoms with Crippen LogP contribution in [-0.4, -0.2) is 38.2 Å². The molecule has 0 aromatic heterocycles. The maximum Gasteiger partial charge on any atom is 0.322 e. The van der Waals surface area contributed by atoms with Gasteiger partial charge in [-0.25, -0.2) is 0 Å². The molecule has 0 unspecified atom stereocenters. The summed E-state index contributed by atoms with van der Waals surface area (Å²) in [7, 11) is 2.66. The first-order chi connectivity index (χ1) is 6.19. The number of hydrogen-bond acceptors (Lipinski definition) is 5. The number of esters is 2. The smallest absolute Gasteiger partial charge is 0.322 e. The zero-order chi connectivity index (χ0) is 9.84. The summed E-state index contributed by atoms with van der Waals surface area (Å²) >= 11 is 0. The summed E-state index contributed by atoms with van der Waals surface area (Å²) in [5.74, 6) is -0.655. The second kappa shape index (κ2) is 4.23. The van der Waals surface area contributed by atoms with Gasteiger partial charge in [0.05, 0.1) is 14.2 Å². The number of rotatable bonds is 2. The van der Waals surface area contributed by atoms with Crippen molar-refractivity contribution in [3.8, 4) is 0 Å². The van der Waals surface area contributed by atoms with E-state index in [1.54, 1.807) is 0 Å². The van der Waals surface area contributed by atoms with Crippen LogP contribution < -0.4 is 5.32 Å². The second-order valence-electron chi connectivity index (χ2n) is 2.90. The van der Waals surface area contributed by atoms with Gasteiger partial charge in [-0.1, -0.05) is 0 Å². The lowest BCUT2D eigenvalue weighted by molar-refractivity contribution is -0.144. The van der Waals surface area contributed by atoms with Gasteiger partial charge in [-0.2, -0.15) is 0 Å². The van der Waals surface area contributed by atoms with Crippen LogP contribution in [0.15, 0.2) is 0 Å². The third-order valence-electron chi connectivity index (χ3n) is 2.12. The lowest BCUT2D eigenvalue weighted by atomic mass is 10.2. The Morgan fingerprint density at radius 3 is 1.77 bits per heavy atom. The molecule has 0 aromatic rings. The maximum absolute atomic E-state index is 11.0. The SMILES string of the molecule is COC(=O)[C@H]1CC[C@H](C(=O)OC)N1. The minimum Gasteiger partial charge on any atom is -0.468 e. The minimum absolute atomic E-state index is 0.327. The monoisotopic (exact) mass is 187 g/mol. The van der Waals surface area contributed by atoms with Crippen LogP contribution in [-0.2, 0) is 19.1 Å². The molecular formula is C8H13NO4. The fourth-order valence-corrected chi connectivity index (χ4v) is 1.40. The number of methoxy groups -OCH3 is 2. The average Bonchev–Trinajstić information content (AvgIpc) is 2.64. The molecule has 1 fully saturated rings. The van der Waals surface area contributed by atoms with E-state index in [0.717, 1.165) is 0 Å². The largest absolute Gasteiger partial charge is 0.468 e. The van der Waals surface area contributed by atoms with E-state index in [-0.39, 0.29) is 24.0 Å². The summed E-state index contributed by atoms with van der Waals surface area (Å²) in [6.07, 6.45) is 1.24. The van der Waals surface area contributed by atoms with Crippen molar-refractivity contribution in [2.45, 2.75) is 24.9 Å². The van der Waals surface area contributed by atoms with Gasteiger partial charge in [-0.05, 0) is 12.8 Å². The van der Waals surface area contributed by atoms with E-state index in [1.165, 1.54) is 14.2 Å². The number of ether oxygens (including phenoxy) is 2. The van der Waals surface area contributed by atoms with E-state index < -0.39 is 0 Å². The van der Waals surface area contributed by atoms with Gasteiger partial charge in [-0.15, -0.1) is 0 Å². The van der Waals surface area contributed by atoms with Crippen molar-refractivity contribution in [1.82, 2.24) is 5.32 Å². The highest BCUT2D eigenvalue weighted by Crippen LogP contribution is 2.14. The number of carbonyl (C=O) groups is 2. The van der Waals surface area contributed by atoms with Crippen molar-refractivity contribution < 1.29 is 19.1 Å². The van der Waals surface area contributed by atoms with Crippen LogP contribution in [0.5, 0.6) is 0 Å². The predicted octanol–water partition coefficient (Wildman–Crippen LogP) is -0.547. The van der Waals surface area contributed by atoms with Crippen molar-refractivity contribution in [3.63, 3.8) is 0 Å². The molecule has 1 saturated heterocycles. The summed E-state index contributed by atoms with van der Waals surface area (Å²) in [5, 5.41) is 2.84. The highest BCUT2D eigenvalue weighted by Gasteiger charge is 2.34. The molecule has 1 aliphatic rings. The summed E-state index contributed by atoms with van der Waals surface area (Å²) in [5.41, 5.74) is 0. The van der Waals surface area contributed by atoms with Gasteiger partial charge in [0.1, 0.15) is 12.1 Å². The topological polar surface area (TPSA) is 64.6 Å². The molecule has 74 valence electrons. The van der Waals surface area contributed by atoms with Crippen molar-refractivity contribution in [2.24, 2.45) is 0 Å². The summed E-state index contributed by atoms with van der Waals surface area (Å²) in [6, 6.07) is -0.733. The second-order valence-corrected chi connectivity index (χ2v) is 2.90. The van der Waals surface area contributed by atoms with Crippen LogP contribution in [0.2, 0.25) is 0 Å². The van der Waals surface area contributed by atoms with E-state index in [2.05, 4.69) is 14.8 Å². The first-order valence-corrected chi connectivity index (χ1v) is 4.10. The summed E-state index contributed by atoms with van der Waals surface area (Å²) < 4.78 is 9.08. The standard InChI is InChI=1S/C8H13NO4/c1-12-7(10)5-3-4-6(9-5)8(11)13-2/h5-6,9H,3-4H2,1-2H3/t5-,6-/m1/s1. The Morgan fingerprint density at radius 2 is 1.46 bits per heavy atom. The molecule has 1 heterocycles. The Bertz CT molecular complexity index is 194. The average molecular weight is 187 g/mol. The molecule has 0 aliphatic carbocycles. The zero-order valence-corrected chi connectivity index (χ0v) is 7.70. The lowest BCUT2D eigenvalue weighted by Gasteiger charge is -2.10. The molecule has 1 N–H and O–H groups in total. The quantitative estimate of drug-likeness (QED) is 0.588. The molecule has 5 heteroatoms. The summed E-state index contributed by atoms with van der Waals surface area (Å²) in [6.45, 7) is 0. The lowest BCUT2D eigenvalue weighted by Crippen LogP contribution is -2.40. The first-order valence-electron chi connectivity index (χ1n) is 4.10. The maximum atomic E-state index is 11.0. The van der Waals surface area contributed by atoms with Crippen LogP contribution in [0.4, 0.5) is 0 Å². The fourth-order valence-electron chi connectivity index (χ4n) is 1.40. The normalized spacial score (nSPS) is 26.9. The molecular weight excluding hydrogens is 174 g/mol. The van der Waals surface area contributed by atoms with Crippen LogP contribution in [0.1, 0.15) is 12.8 Å². The molecule has 0 bridgehead atoms. The van der Waals surface area contributed by atoms with Gasteiger partial charge in [-0.3, -0.25) is 14.9 Å². The molecule has 0 amide bonds. The Hall–Kier alpha value is -1.10. The van der Waals surface area contributed by atoms with Gasteiger partial charge in [0, 0.05) is 0 Å². The minimum atomic E-state index is -0.367. The van der Waals surface area contributed by atoms with Gasteiger partial charge in [0.2, 0.25) is 0 Å². The third-order valence-corrected chi connectivity index (χ3v) is 2.12. The number of hydrogen-bond donors (Lipinski definition) is 1. The molecule has 0 radical (unpaired) electrons. The van der Waals surface area contributed by atoms with Gasteiger partial charge >= 0.3 is 11.9 Å². The molecule has 13 heavy (non-hydrogen) atoms. The van der Waals surface area contributed by atoms with E-state index in [0.29, 0.717) is 12.8 Å². The molecule has 1 rings (SSSR count). The van der Waals surface area contributed by atoms with E-state index in [4.69, 9.17) is 0 Å². The molecule has 1 aliphatic heterocycles. The Balaban J connectivity index is 2.44. The van der Waals surface area contributed by atoms with Crippen LogP contribution >= 0.6 is 0 Å². The van der Waals surface area contributed by atoms with Crippen molar-refractivity contribution in [2.75, 3.05) is 14.2 Å². The van der Waals surface area contributed by atoms with E-state index in [1.807, 2.05) is 0 Å². The van der Waals surface area contributed by atoms with Crippen LogP contribution in [0.3, 0.4) is 0 Å². The molecule has 0 spiro atoms. The van der Waals surface area contributed by atoms with Gasteiger partial charge in [0.15, 0.2) is 0 Å². The number of nitrogens with one attached hydrogen (secondary N) is 1. The summed E-state index contributed by atoms with van der Waals surface area (Å²) in [4.78, 5) is 22.1. The van der Waals surface area contributed by atoms with Gasteiger partial charge in [0.25, 0.3) is 0 Å². The third kappa shape index (κ3) is 2.18. The number of carbonyl (C=O) groups excluding carboxylic acids is 2. The Morgan fingerprint density at radius 1 is 1.08 bits per heavy atom. The van der Waals surface area contributed by atoms with Gasteiger partial charge < -0.3 is 9.47 Å². The molecule has 2 atom stereocenters. The van der Waals surface area contributed by atoms with Crippen LogP contribution in [0.25, 0.3) is 0 Å². The van der Waals surface area contributed by atoms with E-state index in [9.17, 15) is 9.59 Å². The van der Waals surface area contributed by atoms with Crippen LogP contribution in [0, 0.1) is 0 Å². The molecule has 0 aromatic carbocycles. The Kier molecular flexibility index (Phi) is 3.25. The Labute approximate surface area is 76.4 Å². The zero-order valence-electron chi connectivity index (χ0n) is 7.70. The highest BCUT2D eigenvalue weighted by atomic mass is 16.5. The van der Waals surface area contributed by atoms with Crippen molar-refractivity contribution in [1.29, 1.82) is 0 Å². The highest BCUT2D eigenvalue weighted by molar-refractivity contribution is 5.81. The molecule has 0 saturated carbocycles. The molecule has 5 nitrogen and oxygen atoms in total. The first kappa shape index (κ1) is 9.98. The van der Waals surface area contributed by atoms with Crippen molar-refractivity contribution >= 4 is 11.9 Å².